The van der Waals surface area contributed by atoms with Crippen molar-refractivity contribution in [3.8, 4) is 11.3 Å². The van der Waals surface area contributed by atoms with Crippen molar-refractivity contribution in [2.45, 2.75) is 12.8 Å². The van der Waals surface area contributed by atoms with Crippen molar-refractivity contribution in [1.82, 2.24) is 15.2 Å². The molecule has 7 heteroatoms. The van der Waals surface area contributed by atoms with Crippen LogP contribution < -0.4 is 5.32 Å². The Bertz CT molecular complexity index is 813. The van der Waals surface area contributed by atoms with Gasteiger partial charge in [0.15, 0.2) is 12.2 Å². The van der Waals surface area contributed by atoms with Crippen LogP contribution in [0.15, 0.2) is 41.3 Å². The van der Waals surface area contributed by atoms with Gasteiger partial charge in [-0.2, -0.15) is 0 Å². The molecule has 1 atom stereocenters. The van der Waals surface area contributed by atoms with Crippen LogP contribution in [0.25, 0.3) is 11.3 Å². The van der Waals surface area contributed by atoms with Crippen LogP contribution in [0.1, 0.15) is 23.2 Å². The molecule has 1 spiro atoms. The van der Waals surface area contributed by atoms with E-state index in [-0.39, 0.29) is 30.7 Å². The number of nitrogens with one attached hydrogen (secondary N) is 1. The van der Waals surface area contributed by atoms with Gasteiger partial charge in [-0.05, 0) is 18.6 Å². The Kier molecular flexibility index (Phi) is 3.23. The first kappa shape index (κ1) is 14.6. The van der Waals surface area contributed by atoms with Crippen molar-refractivity contribution in [2.75, 3.05) is 13.1 Å². The van der Waals surface area contributed by atoms with Crippen LogP contribution in [0.4, 0.5) is 0 Å². The Morgan fingerprint density at radius 2 is 2.04 bits per heavy atom. The maximum absolute atomic E-state index is 12.6. The van der Waals surface area contributed by atoms with E-state index in [1.54, 1.807) is 35.4 Å². The summed E-state index contributed by atoms with van der Waals surface area (Å²) in [6.45, 7) is 0.761. The Balaban J connectivity index is 1.51. The number of nitrogens with zero attached hydrogens (tertiary/aromatic N) is 2. The Morgan fingerprint density at radius 3 is 2.67 bits per heavy atom. The third kappa shape index (κ3) is 2.29. The molecule has 4 rings (SSSR count). The zero-order chi connectivity index (χ0) is 16.7. The molecule has 1 aromatic heterocycles. The molecule has 2 aliphatic rings. The quantitative estimate of drug-likeness (QED) is 0.838. The highest BCUT2D eigenvalue weighted by Gasteiger charge is 2.51. The Hall–Kier alpha value is -2.96. The van der Waals surface area contributed by atoms with E-state index < -0.39 is 5.41 Å². The minimum absolute atomic E-state index is 0.136. The lowest BCUT2D eigenvalue weighted by atomic mass is 9.85. The highest BCUT2D eigenvalue weighted by atomic mass is 16.3. The van der Waals surface area contributed by atoms with Gasteiger partial charge < -0.3 is 9.32 Å². The molecule has 0 radical (unpaired) electrons. The molecule has 122 valence electrons. The van der Waals surface area contributed by atoms with Crippen LogP contribution in [0, 0.1) is 5.41 Å². The normalized spacial score (nSPS) is 23.1. The van der Waals surface area contributed by atoms with Gasteiger partial charge in [-0.3, -0.25) is 19.7 Å². The van der Waals surface area contributed by atoms with Crippen molar-refractivity contribution in [2.24, 2.45) is 5.41 Å². The first-order valence-electron chi connectivity index (χ1n) is 7.70. The summed E-state index contributed by atoms with van der Waals surface area (Å²) < 4.78 is 5.22. The third-order valence-corrected chi connectivity index (χ3v) is 4.72. The maximum atomic E-state index is 12.6. The second kappa shape index (κ2) is 5.30. The largest absolute Gasteiger partial charge is 0.444 e. The highest BCUT2D eigenvalue weighted by Crippen LogP contribution is 2.38. The molecule has 0 unspecified atom stereocenters. The van der Waals surface area contributed by atoms with Crippen molar-refractivity contribution in [3.05, 3.63) is 42.4 Å². The maximum Gasteiger partial charge on any atom is 0.253 e. The number of hydrogen-bond acceptors (Lipinski definition) is 5. The first-order chi connectivity index (χ1) is 11.6. The summed E-state index contributed by atoms with van der Waals surface area (Å²) in [5.41, 5.74) is 0.634. The second-order valence-electron chi connectivity index (χ2n) is 6.25. The summed E-state index contributed by atoms with van der Waals surface area (Å²) in [6.07, 6.45) is 3.65. The van der Waals surface area contributed by atoms with Crippen LogP contribution in [-0.2, 0) is 9.59 Å². The Labute approximate surface area is 137 Å². The minimum atomic E-state index is -0.744. The van der Waals surface area contributed by atoms with Gasteiger partial charge in [0.25, 0.3) is 5.91 Å². The fourth-order valence-electron chi connectivity index (χ4n) is 3.38. The number of carbonyl (C=O) groups excluding carboxylic acids is 3. The van der Waals surface area contributed by atoms with E-state index in [9.17, 15) is 14.4 Å². The van der Waals surface area contributed by atoms with E-state index in [4.69, 9.17) is 4.42 Å². The van der Waals surface area contributed by atoms with E-state index >= 15 is 0 Å². The average Bonchev–Trinajstić information content (AvgIpc) is 3.29. The number of amides is 3. The van der Waals surface area contributed by atoms with Crippen LogP contribution in [-0.4, -0.2) is 40.7 Å². The third-order valence-electron chi connectivity index (χ3n) is 4.72. The molecule has 2 aromatic rings. The number of carbonyl (C=O) groups is 3. The summed E-state index contributed by atoms with van der Waals surface area (Å²) >= 11 is 0. The summed E-state index contributed by atoms with van der Waals surface area (Å²) in [6, 6.07) is 7.05. The molecule has 24 heavy (non-hydrogen) atoms. The molecule has 2 fully saturated rings. The van der Waals surface area contributed by atoms with Crippen molar-refractivity contribution in [3.63, 3.8) is 0 Å². The summed E-state index contributed by atoms with van der Waals surface area (Å²) in [5, 5.41) is 2.34. The number of rotatable bonds is 2. The van der Waals surface area contributed by atoms with Gasteiger partial charge in [0.1, 0.15) is 0 Å². The van der Waals surface area contributed by atoms with Gasteiger partial charge in [0.05, 0.1) is 11.6 Å². The van der Waals surface area contributed by atoms with E-state index in [2.05, 4.69) is 10.3 Å². The van der Waals surface area contributed by atoms with Crippen molar-refractivity contribution in [1.29, 1.82) is 0 Å². The lowest BCUT2D eigenvalue weighted by Crippen LogP contribution is -2.36. The molecule has 7 nitrogen and oxygen atoms in total. The second-order valence-corrected chi connectivity index (χ2v) is 6.25. The summed E-state index contributed by atoms with van der Waals surface area (Å²) in [7, 11) is 0. The molecule has 3 amide bonds. The van der Waals surface area contributed by atoms with E-state index in [1.165, 1.54) is 6.39 Å². The average molecular weight is 325 g/mol. The zero-order valence-electron chi connectivity index (χ0n) is 12.8. The van der Waals surface area contributed by atoms with Crippen molar-refractivity contribution >= 4 is 17.7 Å². The van der Waals surface area contributed by atoms with Gasteiger partial charge in [-0.15, -0.1) is 0 Å². The topological polar surface area (TPSA) is 92.5 Å². The zero-order valence-corrected chi connectivity index (χ0v) is 12.8. The van der Waals surface area contributed by atoms with Crippen LogP contribution in [0.2, 0.25) is 0 Å². The molecule has 1 N–H and O–H groups in total. The van der Waals surface area contributed by atoms with Crippen LogP contribution in [0.3, 0.4) is 0 Å². The minimum Gasteiger partial charge on any atom is -0.444 e. The molecule has 2 aliphatic heterocycles. The first-order valence-corrected chi connectivity index (χ1v) is 7.70. The molecule has 1 aromatic carbocycles. The van der Waals surface area contributed by atoms with E-state index in [1.807, 2.05) is 0 Å². The van der Waals surface area contributed by atoms with Gasteiger partial charge in [-0.1, -0.05) is 12.1 Å². The summed E-state index contributed by atoms with van der Waals surface area (Å²) in [5.74, 6) is -0.0208. The fraction of sp³-hybridized carbons (Fsp3) is 0.294. The molecule has 3 heterocycles. The monoisotopic (exact) mass is 325 g/mol. The molecule has 2 saturated heterocycles. The van der Waals surface area contributed by atoms with Crippen LogP contribution in [0.5, 0.6) is 0 Å². The van der Waals surface area contributed by atoms with E-state index in [0.717, 1.165) is 5.56 Å². The summed E-state index contributed by atoms with van der Waals surface area (Å²) in [4.78, 5) is 41.6. The SMILES string of the molecule is O=C1C[C@]2(CCN(C(=O)c3ccc(-c4cnco4)cc3)C2)C(=O)N1. The molecular weight excluding hydrogens is 310 g/mol. The van der Waals surface area contributed by atoms with Crippen LogP contribution >= 0.6 is 0 Å². The molecule has 0 bridgehead atoms. The van der Waals surface area contributed by atoms with Gasteiger partial charge >= 0.3 is 0 Å². The highest BCUT2D eigenvalue weighted by molar-refractivity contribution is 6.06. The number of imide groups is 1. The fourth-order valence-corrected chi connectivity index (χ4v) is 3.38. The van der Waals surface area contributed by atoms with Gasteiger partial charge in [0, 0.05) is 30.6 Å². The molecule has 0 saturated carbocycles. The number of likely N-dealkylation sites (tertiary alicyclic amines) is 1. The lowest BCUT2D eigenvalue weighted by molar-refractivity contribution is -0.128. The molecular formula is C17H15N3O4. The van der Waals surface area contributed by atoms with Gasteiger partial charge in [0.2, 0.25) is 11.8 Å². The van der Waals surface area contributed by atoms with Gasteiger partial charge in [-0.25, -0.2) is 4.98 Å². The number of aromatic nitrogens is 1. The lowest BCUT2D eigenvalue weighted by Gasteiger charge is -2.20. The van der Waals surface area contributed by atoms with Crippen molar-refractivity contribution < 1.29 is 18.8 Å². The predicted molar refractivity (Wildman–Crippen MR) is 82.7 cm³/mol. The smallest absolute Gasteiger partial charge is 0.253 e. The number of benzene rings is 1. The predicted octanol–water partition coefficient (Wildman–Crippen LogP) is 1.22. The standard InChI is InChI=1S/C17H15N3O4/c21-14-7-17(16(23)19-14)5-6-20(9-17)15(22)12-3-1-11(2-4-12)13-8-18-10-24-13/h1-4,8,10H,5-7,9H2,(H,19,21,23)/t17-/m0/s1. The number of hydrogen-bond donors (Lipinski definition) is 1. The Morgan fingerprint density at radius 1 is 1.25 bits per heavy atom. The number of oxazole rings is 1. The molecule has 0 aliphatic carbocycles. The van der Waals surface area contributed by atoms with E-state index in [0.29, 0.717) is 24.3 Å².